The fourth-order valence-electron chi connectivity index (χ4n) is 1.65. The SMILES string of the molecule is CN1CCCN(C(=O)CNC(C)(C)C)CC1=O. The van der Waals surface area contributed by atoms with Gasteiger partial charge in [-0.15, -0.1) is 0 Å². The van der Waals surface area contributed by atoms with E-state index in [-0.39, 0.29) is 23.9 Å². The third-order valence-corrected chi connectivity index (χ3v) is 2.80. The molecule has 0 spiro atoms. The molecule has 0 saturated carbocycles. The summed E-state index contributed by atoms with van der Waals surface area (Å²) in [6.45, 7) is 7.95. The molecule has 0 aliphatic carbocycles. The van der Waals surface area contributed by atoms with Gasteiger partial charge in [-0.05, 0) is 27.2 Å². The van der Waals surface area contributed by atoms with Crippen molar-refractivity contribution in [2.75, 3.05) is 33.2 Å². The summed E-state index contributed by atoms with van der Waals surface area (Å²) >= 11 is 0. The van der Waals surface area contributed by atoms with Gasteiger partial charge in [0.1, 0.15) is 0 Å². The lowest BCUT2D eigenvalue weighted by Crippen LogP contribution is -2.46. The van der Waals surface area contributed by atoms with Gasteiger partial charge in [0.05, 0.1) is 13.1 Å². The molecule has 0 aromatic carbocycles. The zero-order valence-corrected chi connectivity index (χ0v) is 11.2. The van der Waals surface area contributed by atoms with Crippen LogP contribution in [0.4, 0.5) is 0 Å². The van der Waals surface area contributed by atoms with E-state index in [0.29, 0.717) is 13.1 Å². The summed E-state index contributed by atoms with van der Waals surface area (Å²) in [6.07, 6.45) is 0.851. The van der Waals surface area contributed by atoms with Crippen LogP contribution < -0.4 is 5.32 Å². The number of rotatable bonds is 2. The Morgan fingerprint density at radius 2 is 2.00 bits per heavy atom. The molecule has 17 heavy (non-hydrogen) atoms. The lowest BCUT2D eigenvalue weighted by atomic mass is 10.1. The molecule has 1 N–H and O–H groups in total. The summed E-state index contributed by atoms with van der Waals surface area (Å²) in [5.41, 5.74) is -0.0810. The molecule has 5 nitrogen and oxygen atoms in total. The third-order valence-electron chi connectivity index (χ3n) is 2.80. The number of likely N-dealkylation sites (N-methyl/N-ethyl adjacent to an activating group) is 1. The van der Waals surface area contributed by atoms with Crippen LogP contribution >= 0.6 is 0 Å². The van der Waals surface area contributed by atoms with Crippen LogP contribution in [0.3, 0.4) is 0 Å². The minimum Gasteiger partial charge on any atom is -0.344 e. The van der Waals surface area contributed by atoms with E-state index in [4.69, 9.17) is 0 Å². The molecule has 1 heterocycles. The number of hydrogen-bond donors (Lipinski definition) is 1. The molecule has 98 valence electrons. The van der Waals surface area contributed by atoms with Crippen molar-refractivity contribution in [3.05, 3.63) is 0 Å². The standard InChI is InChI=1S/C12H23N3O2/c1-12(2,3)13-8-10(16)15-7-5-6-14(4)11(17)9-15/h13H,5-9H2,1-4H3. The molecular formula is C12H23N3O2. The van der Waals surface area contributed by atoms with Crippen LogP contribution in [0.2, 0.25) is 0 Å². The first kappa shape index (κ1) is 14.0. The van der Waals surface area contributed by atoms with Crippen molar-refractivity contribution in [1.29, 1.82) is 0 Å². The van der Waals surface area contributed by atoms with E-state index in [1.54, 1.807) is 16.8 Å². The average molecular weight is 241 g/mol. The average Bonchev–Trinajstić information content (AvgIpc) is 2.37. The largest absolute Gasteiger partial charge is 0.344 e. The number of carbonyl (C=O) groups is 2. The first-order chi connectivity index (χ1) is 7.79. The highest BCUT2D eigenvalue weighted by Crippen LogP contribution is 2.04. The molecule has 0 radical (unpaired) electrons. The van der Waals surface area contributed by atoms with Crippen LogP contribution in [0.5, 0.6) is 0 Å². The Bertz CT molecular complexity index is 297. The van der Waals surface area contributed by atoms with E-state index in [9.17, 15) is 9.59 Å². The second kappa shape index (κ2) is 5.49. The van der Waals surface area contributed by atoms with Gasteiger partial charge in [-0.3, -0.25) is 9.59 Å². The Morgan fingerprint density at radius 3 is 2.59 bits per heavy atom. The van der Waals surface area contributed by atoms with Crippen LogP contribution in [0.15, 0.2) is 0 Å². The zero-order chi connectivity index (χ0) is 13.1. The monoisotopic (exact) mass is 241 g/mol. The van der Waals surface area contributed by atoms with Crippen LogP contribution in [-0.2, 0) is 9.59 Å². The van der Waals surface area contributed by atoms with Gasteiger partial charge in [-0.25, -0.2) is 0 Å². The minimum absolute atomic E-state index is 0.00331. The Labute approximate surface area is 103 Å². The number of hydrogen-bond acceptors (Lipinski definition) is 3. The summed E-state index contributed by atoms with van der Waals surface area (Å²) in [7, 11) is 1.78. The lowest BCUT2D eigenvalue weighted by molar-refractivity contribution is -0.137. The molecule has 1 fully saturated rings. The number of nitrogens with zero attached hydrogens (tertiary/aromatic N) is 2. The van der Waals surface area contributed by atoms with Gasteiger partial charge in [-0.1, -0.05) is 0 Å². The quantitative estimate of drug-likeness (QED) is 0.744. The van der Waals surface area contributed by atoms with Gasteiger partial charge in [0.25, 0.3) is 0 Å². The summed E-state index contributed by atoms with van der Waals surface area (Å²) in [5, 5.41) is 3.15. The summed E-state index contributed by atoms with van der Waals surface area (Å²) < 4.78 is 0. The second-order valence-corrected chi connectivity index (χ2v) is 5.59. The van der Waals surface area contributed by atoms with Crippen LogP contribution in [0.25, 0.3) is 0 Å². The van der Waals surface area contributed by atoms with Crippen molar-refractivity contribution in [3.63, 3.8) is 0 Å². The van der Waals surface area contributed by atoms with Crippen molar-refractivity contribution in [1.82, 2.24) is 15.1 Å². The Hall–Kier alpha value is -1.10. The smallest absolute Gasteiger partial charge is 0.241 e. The normalized spacial score (nSPS) is 18.2. The van der Waals surface area contributed by atoms with Crippen molar-refractivity contribution < 1.29 is 9.59 Å². The molecule has 0 aromatic heterocycles. The highest BCUT2D eigenvalue weighted by atomic mass is 16.2. The first-order valence-corrected chi connectivity index (χ1v) is 6.06. The Balaban J connectivity index is 2.49. The highest BCUT2D eigenvalue weighted by molar-refractivity contribution is 5.86. The fraction of sp³-hybridized carbons (Fsp3) is 0.833. The molecular weight excluding hydrogens is 218 g/mol. The van der Waals surface area contributed by atoms with Crippen molar-refractivity contribution in [3.8, 4) is 0 Å². The van der Waals surface area contributed by atoms with Crippen LogP contribution in [0.1, 0.15) is 27.2 Å². The maximum absolute atomic E-state index is 11.9. The molecule has 0 bridgehead atoms. The van der Waals surface area contributed by atoms with E-state index in [1.807, 2.05) is 20.8 Å². The molecule has 2 amide bonds. The molecule has 1 rings (SSSR count). The zero-order valence-electron chi connectivity index (χ0n) is 11.2. The second-order valence-electron chi connectivity index (χ2n) is 5.59. The summed E-state index contributed by atoms with van der Waals surface area (Å²) in [6, 6.07) is 0. The Kier molecular flexibility index (Phi) is 4.51. The Morgan fingerprint density at radius 1 is 1.35 bits per heavy atom. The predicted molar refractivity (Wildman–Crippen MR) is 66.6 cm³/mol. The van der Waals surface area contributed by atoms with E-state index in [0.717, 1.165) is 13.0 Å². The van der Waals surface area contributed by atoms with E-state index >= 15 is 0 Å². The van der Waals surface area contributed by atoms with E-state index in [1.165, 1.54) is 0 Å². The molecule has 1 aliphatic rings. The van der Waals surface area contributed by atoms with Crippen molar-refractivity contribution in [2.24, 2.45) is 0 Å². The molecule has 0 atom stereocenters. The van der Waals surface area contributed by atoms with Gasteiger partial charge < -0.3 is 15.1 Å². The van der Waals surface area contributed by atoms with Gasteiger partial charge in [-0.2, -0.15) is 0 Å². The molecule has 1 saturated heterocycles. The lowest BCUT2D eigenvalue weighted by Gasteiger charge is -2.24. The first-order valence-electron chi connectivity index (χ1n) is 6.06. The topological polar surface area (TPSA) is 52.6 Å². The van der Waals surface area contributed by atoms with Gasteiger partial charge in [0.2, 0.25) is 11.8 Å². The van der Waals surface area contributed by atoms with Gasteiger partial charge in [0.15, 0.2) is 0 Å². The number of nitrogens with one attached hydrogen (secondary N) is 1. The fourth-order valence-corrected chi connectivity index (χ4v) is 1.65. The van der Waals surface area contributed by atoms with Gasteiger partial charge in [0, 0.05) is 25.7 Å². The maximum Gasteiger partial charge on any atom is 0.241 e. The van der Waals surface area contributed by atoms with Crippen LogP contribution in [0, 0.1) is 0 Å². The maximum atomic E-state index is 11.9. The summed E-state index contributed by atoms with van der Waals surface area (Å²) in [4.78, 5) is 26.9. The molecule has 1 aliphatic heterocycles. The van der Waals surface area contributed by atoms with Crippen LogP contribution in [-0.4, -0.2) is 60.4 Å². The van der Waals surface area contributed by atoms with E-state index in [2.05, 4.69) is 5.32 Å². The number of carbonyl (C=O) groups excluding carboxylic acids is 2. The predicted octanol–water partition coefficient (Wildman–Crippen LogP) is 0.0652. The van der Waals surface area contributed by atoms with Crippen molar-refractivity contribution in [2.45, 2.75) is 32.7 Å². The molecule has 0 unspecified atom stereocenters. The van der Waals surface area contributed by atoms with E-state index < -0.39 is 0 Å². The molecule has 5 heteroatoms. The number of amides is 2. The van der Waals surface area contributed by atoms with Gasteiger partial charge >= 0.3 is 0 Å². The minimum atomic E-state index is -0.0810. The molecule has 0 aromatic rings. The van der Waals surface area contributed by atoms with Crippen molar-refractivity contribution >= 4 is 11.8 Å². The highest BCUT2D eigenvalue weighted by Gasteiger charge is 2.23. The summed E-state index contributed by atoms with van der Waals surface area (Å²) in [5.74, 6) is 0.0233. The third kappa shape index (κ3) is 4.73.